The maximum absolute atomic E-state index is 13.3. The van der Waals surface area contributed by atoms with E-state index < -0.39 is 34.7 Å². The number of halogens is 3. The van der Waals surface area contributed by atoms with Gasteiger partial charge in [-0.2, -0.15) is 13.2 Å². The van der Waals surface area contributed by atoms with E-state index in [1.165, 1.54) is 55.3 Å². The van der Waals surface area contributed by atoms with Gasteiger partial charge in [-0.1, -0.05) is 6.07 Å². The molecule has 1 atom stereocenters. The fourth-order valence-corrected chi connectivity index (χ4v) is 3.69. The predicted molar refractivity (Wildman–Crippen MR) is 112 cm³/mol. The number of hydrogen-bond donors (Lipinski definition) is 0. The Hall–Kier alpha value is -3.89. The van der Waals surface area contributed by atoms with Gasteiger partial charge in [0, 0.05) is 24.9 Å². The first kappa shape index (κ1) is 23.8. The first-order valence-electron chi connectivity index (χ1n) is 9.83. The number of benzene rings is 2. The highest BCUT2D eigenvalue weighted by atomic mass is 19.4. The Morgan fingerprint density at radius 1 is 1.18 bits per heavy atom. The Morgan fingerprint density at radius 2 is 1.82 bits per heavy atom. The lowest BCUT2D eigenvalue weighted by atomic mass is 9.93. The van der Waals surface area contributed by atoms with Crippen LogP contribution < -0.4 is 4.90 Å². The number of rotatable bonds is 5. The van der Waals surface area contributed by atoms with Crippen molar-refractivity contribution in [1.82, 2.24) is 4.90 Å². The van der Waals surface area contributed by atoms with Gasteiger partial charge in [-0.25, -0.2) is 9.59 Å². The summed E-state index contributed by atoms with van der Waals surface area (Å²) >= 11 is 0. The van der Waals surface area contributed by atoms with Crippen LogP contribution in [0.15, 0.2) is 59.8 Å². The highest BCUT2D eigenvalue weighted by Gasteiger charge is 2.42. The summed E-state index contributed by atoms with van der Waals surface area (Å²) in [6.45, 7) is 3.07. The Morgan fingerprint density at radius 3 is 2.36 bits per heavy atom. The number of carbonyl (C=O) groups is 2. The van der Waals surface area contributed by atoms with Gasteiger partial charge in [0.25, 0.3) is 5.69 Å². The van der Waals surface area contributed by atoms with Gasteiger partial charge in [-0.3, -0.25) is 15.0 Å². The van der Waals surface area contributed by atoms with Crippen LogP contribution in [0.1, 0.15) is 31.0 Å². The molecule has 1 aliphatic heterocycles. The number of non-ortho nitro benzene ring substituents is 1. The topological polar surface area (TPSA) is 93.0 Å². The fraction of sp³-hybridized carbons (Fsp3) is 0.273. The number of nitrogens with zero attached hydrogens (tertiary/aromatic N) is 3. The zero-order valence-electron chi connectivity index (χ0n) is 17.9. The van der Waals surface area contributed by atoms with Crippen LogP contribution in [0.25, 0.3) is 0 Å². The minimum Gasteiger partial charge on any atom is -0.463 e. The van der Waals surface area contributed by atoms with E-state index in [1.807, 2.05) is 0 Å². The monoisotopic (exact) mass is 463 g/mol. The normalized spacial score (nSPS) is 16.8. The van der Waals surface area contributed by atoms with Gasteiger partial charge in [0.2, 0.25) is 0 Å². The summed E-state index contributed by atoms with van der Waals surface area (Å²) < 4.78 is 44.9. The molecule has 1 heterocycles. The summed E-state index contributed by atoms with van der Waals surface area (Å²) in [6.07, 6.45) is -4.62. The van der Waals surface area contributed by atoms with Gasteiger partial charge in [-0.15, -0.1) is 0 Å². The number of allylic oxidation sites excluding steroid dienone is 1. The van der Waals surface area contributed by atoms with Crippen LogP contribution in [0.5, 0.6) is 0 Å². The number of amides is 2. The highest BCUT2D eigenvalue weighted by Crippen LogP contribution is 2.40. The zero-order valence-corrected chi connectivity index (χ0v) is 17.9. The lowest BCUT2D eigenvalue weighted by Crippen LogP contribution is -2.49. The van der Waals surface area contributed by atoms with E-state index in [2.05, 4.69) is 0 Å². The molecule has 0 bridgehead atoms. The molecule has 11 heteroatoms. The molecule has 2 amide bonds. The molecule has 2 aromatic rings. The number of hydrogen-bond acceptors (Lipinski definition) is 5. The van der Waals surface area contributed by atoms with Crippen LogP contribution in [-0.2, 0) is 15.7 Å². The largest absolute Gasteiger partial charge is 0.463 e. The van der Waals surface area contributed by atoms with E-state index in [4.69, 9.17) is 4.74 Å². The fourth-order valence-electron chi connectivity index (χ4n) is 3.69. The maximum atomic E-state index is 13.3. The lowest BCUT2D eigenvalue weighted by molar-refractivity contribution is -0.384. The molecule has 3 rings (SSSR count). The molecule has 0 fully saturated rings. The molecule has 0 radical (unpaired) electrons. The molecule has 0 saturated heterocycles. The Balaban J connectivity index is 2.18. The van der Waals surface area contributed by atoms with Gasteiger partial charge in [0.1, 0.15) is 0 Å². The third-order valence-electron chi connectivity index (χ3n) is 5.23. The van der Waals surface area contributed by atoms with Crippen molar-refractivity contribution in [1.29, 1.82) is 0 Å². The Labute approximate surface area is 187 Å². The molecule has 8 nitrogen and oxygen atoms in total. The minimum absolute atomic E-state index is 0.0316. The number of urea groups is 1. The van der Waals surface area contributed by atoms with Gasteiger partial charge in [0.15, 0.2) is 0 Å². The number of alkyl halides is 3. The van der Waals surface area contributed by atoms with E-state index in [-0.39, 0.29) is 29.3 Å². The number of nitro groups is 1. The second kappa shape index (κ2) is 8.93. The number of ether oxygens (including phenoxy) is 1. The maximum Gasteiger partial charge on any atom is 0.416 e. The molecule has 0 aliphatic carbocycles. The SMILES string of the molecule is CCOC(=O)C1=C(C)N(c2cccc(C(F)(F)F)c2)C(=O)N(C)C1c1ccc([N+](=O)[O-])cc1. The van der Waals surface area contributed by atoms with Crippen molar-refractivity contribution in [3.63, 3.8) is 0 Å². The van der Waals surface area contributed by atoms with E-state index in [0.717, 1.165) is 17.0 Å². The molecule has 33 heavy (non-hydrogen) atoms. The average Bonchev–Trinajstić information content (AvgIpc) is 2.76. The van der Waals surface area contributed by atoms with Crippen LogP contribution >= 0.6 is 0 Å². The van der Waals surface area contributed by atoms with Crippen molar-refractivity contribution in [3.05, 3.63) is 81.0 Å². The summed E-state index contributed by atoms with van der Waals surface area (Å²) in [6, 6.07) is 7.89. The van der Waals surface area contributed by atoms with Crippen molar-refractivity contribution < 1.29 is 32.4 Å². The second-order valence-electron chi connectivity index (χ2n) is 7.25. The Bertz CT molecular complexity index is 1130. The minimum atomic E-state index is -4.62. The third-order valence-corrected chi connectivity index (χ3v) is 5.23. The number of esters is 1. The average molecular weight is 463 g/mol. The molecule has 174 valence electrons. The molecule has 0 spiro atoms. The van der Waals surface area contributed by atoms with Crippen molar-refractivity contribution >= 4 is 23.4 Å². The van der Waals surface area contributed by atoms with E-state index in [0.29, 0.717) is 5.56 Å². The summed E-state index contributed by atoms with van der Waals surface area (Å²) in [7, 11) is 1.39. The summed E-state index contributed by atoms with van der Waals surface area (Å²) in [5.41, 5.74) is -0.652. The summed E-state index contributed by atoms with van der Waals surface area (Å²) in [5.74, 6) is -0.755. The number of anilines is 1. The van der Waals surface area contributed by atoms with Crippen LogP contribution in [0.3, 0.4) is 0 Å². The van der Waals surface area contributed by atoms with E-state index in [1.54, 1.807) is 6.92 Å². The molecule has 1 unspecified atom stereocenters. The molecule has 1 aliphatic rings. The van der Waals surface area contributed by atoms with Crippen LogP contribution in [0.4, 0.5) is 29.3 Å². The summed E-state index contributed by atoms with van der Waals surface area (Å²) in [5, 5.41) is 11.0. The van der Waals surface area contributed by atoms with Crippen molar-refractivity contribution in [3.8, 4) is 0 Å². The quantitative estimate of drug-likeness (QED) is 0.351. The standard InChI is InChI=1S/C22H20F3N3O5/c1-4-33-20(29)18-13(2)27(17-7-5-6-15(12-17)22(23,24)25)21(30)26(3)19(18)14-8-10-16(11-9-14)28(31)32/h5-12,19H,4H2,1-3H3. The first-order chi connectivity index (χ1) is 15.5. The van der Waals surface area contributed by atoms with Crippen LogP contribution in [0.2, 0.25) is 0 Å². The summed E-state index contributed by atoms with van der Waals surface area (Å²) in [4.78, 5) is 38.7. The number of nitro benzene ring substituents is 1. The van der Waals surface area contributed by atoms with Gasteiger partial charge in [0.05, 0.1) is 34.4 Å². The van der Waals surface area contributed by atoms with Crippen molar-refractivity contribution in [2.24, 2.45) is 0 Å². The molecule has 2 aromatic carbocycles. The molecular formula is C22H20F3N3O5. The molecular weight excluding hydrogens is 443 g/mol. The predicted octanol–water partition coefficient (Wildman–Crippen LogP) is 5.06. The second-order valence-corrected chi connectivity index (χ2v) is 7.25. The van der Waals surface area contributed by atoms with Crippen molar-refractivity contribution in [2.75, 3.05) is 18.6 Å². The first-order valence-corrected chi connectivity index (χ1v) is 9.83. The van der Waals surface area contributed by atoms with Gasteiger partial charge >= 0.3 is 18.2 Å². The molecule has 0 N–H and O–H groups in total. The van der Waals surface area contributed by atoms with Crippen molar-refractivity contribution in [2.45, 2.75) is 26.1 Å². The molecule has 0 aromatic heterocycles. The van der Waals surface area contributed by atoms with Crippen LogP contribution in [-0.4, -0.2) is 35.5 Å². The number of carbonyl (C=O) groups excluding carboxylic acids is 2. The Kier molecular flexibility index (Phi) is 6.43. The smallest absolute Gasteiger partial charge is 0.416 e. The highest BCUT2D eigenvalue weighted by molar-refractivity contribution is 6.03. The number of likely N-dealkylation sites (N-methyl/N-ethyl adjacent to an activating group) is 1. The molecule has 0 saturated carbocycles. The third kappa shape index (κ3) is 4.52. The van der Waals surface area contributed by atoms with E-state index in [9.17, 15) is 32.9 Å². The van der Waals surface area contributed by atoms with Crippen LogP contribution in [0, 0.1) is 10.1 Å². The van der Waals surface area contributed by atoms with Gasteiger partial charge < -0.3 is 9.64 Å². The zero-order chi connectivity index (χ0) is 24.5. The van der Waals surface area contributed by atoms with Gasteiger partial charge in [-0.05, 0) is 49.7 Å². The lowest BCUT2D eigenvalue weighted by Gasteiger charge is -2.41. The van der Waals surface area contributed by atoms with E-state index >= 15 is 0 Å².